The summed E-state index contributed by atoms with van der Waals surface area (Å²) in [5, 5.41) is 3.95. The number of hydrogen-bond acceptors (Lipinski definition) is 5. The summed E-state index contributed by atoms with van der Waals surface area (Å²) in [6.07, 6.45) is 3.66. The third-order valence-corrected chi connectivity index (χ3v) is 5.52. The van der Waals surface area contributed by atoms with E-state index in [4.69, 9.17) is 8.94 Å². The van der Waals surface area contributed by atoms with Gasteiger partial charge < -0.3 is 13.8 Å². The van der Waals surface area contributed by atoms with Crippen LogP contribution >= 0.6 is 0 Å². The largest absolute Gasteiger partial charge is 0.443 e. The fraction of sp³-hybridized carbons (Fsp3) is 0.208. The lowest BCUT2D eigenvalue weighted by atomic mass is 10.1. The van der Waals surface area contributed by atoms with Crippen LogP contribution in [0.1, 0.15) is 46.7 Å². The van der Waals surface area contributed by atoms with Crippen molar-refractivity contribution in [1.29, 1.82) is 0 Å². The van der Waals surface area contributed by atoms with Crippen LogP contribution < -0.4 is 0 Å². The summed E-state index contributed by atoms with van der Waals surface area (Å²) in [6, 6.07) is 13.3. The van der Waals surface area contributed by atoms with Crippen molar-refractivity contribution in [2.24, 2.45) is 0 Å². The molecule has 1 fully saturated rings. The molecule has 0 spiro atoms. The second-order valence-corrected chi connectivity index (χ2v) is 7.71. The molecule has 32 heavy (non-hydrogen) atoms. The van der Waals surface area contributed by atoms with Gasteiger partial charge in [-0.05, 0) is 54.8 Å². The van der Waals surface area contributed by atoms with Gasteiger partial charge in [0.05, 0.1) is 6.20 Å². The maximum atomic E-state index is 13.1. The van der Waals surface area contributed by atoms with Crippen LogP contribution in [0, 0.1) is 11.6 Å². The molecule has 1 aliphatic heterocycles. The number of carbonyl (C=O) groups is 1. The lowest BCUT2D eigenvalue weighted by Crippen LogP contribution is -2.30. The molecular weight excluding hydrogens is 416 g/mol. The Morgan fingerprint density at radius 2 is 1.78 bits per heavy atom. The molecule has 6 nitrogen and oxygen atoms in total. The number of oxazole rings is 1. The minimum atomic E-state index is -0.349. The first-order chi connectivity index (χ1) is 15.6. The molecule has 0 aliphatic carbocycles. The van der Waals surface area contributed by atoms with Gasteiger partial charge in [0.1, 0.15) is 29.1 Å². The zero-order valence-electron chi connectivity index (χ0n) is 17.0. The van der Waals surface area contributed by atoms with Crippen LogP contribution in [0.4, 0.5) is 8.78 Å². The summed E-state index contributed by atoms with van der Waals surface area (Å²) in [5.74, 6) is 0.275. The number of benzene rings is 2. The zero-order chi connectivity index (χ0) is 22.1. The normalized spacial score (nSPS) is 15.9. The van der Waals surface area contributed by atoms with Crippen LogP contribution in [0.3, 0.4) is 0 Å². The van der Waals surface area contributed by atoms with Crippen molar-refractivity contribution in [3.05, 3.63) is 95.4 Å². The first kappa shape index (κ1) is 20.1. The van der Waals surface area contributed by atoms with Gasteiger partial charge in [-0.2, -0.15) is 0 Å². The van der Waals surface area contributed by atoms with Crippen LogP contribution in [0.2, 0.25) is 0 Å². The number of rotatable bonds is 5. The molecule has 3 heterocycles. The van der Waals surface area contributed by atoms with E-state index in [9.17, 15) is 13.6 Å². The van der Waals surface area contributed by atoms with Crippen molar-refractivity contribution in [1.82, 2.24) is 15.0 Å². The first-order valence-corrected chi connectivity index (χ1v) is 10.3. The van der Waals surface area contributed by atoms with Crippen molar-refractivity contribution in [3.63, 3.8) is 0 Å². The minimum absolute atomic E-state index is 0.106. The van der Waals surface area contributed by atoms with E-state index >= 15 is 0 Å². The van der Waals surface area contributed by atoms with Gasteiger partial charge in [-0.25, -0.2) is 13.8 Å². The van der Waals surface area contributed by atoms with Gasteiger partial charge in [-0.3, -0.25) is 4.79 Å². The number of nitrogens with zero attached hydrogens (tertiary/aromatic N) is 3. The van der Waals surface area contributed by atoms with Gasteiger partial charge in [0, 0.05) is 24.6 Å². The highest BCUT2D eigenvalue weighted by molar-refractivity contribution is 5.92. The molecule has 1 saturated heterocycles. The van der Waals surface area contributed by atoms with Gasteiger partial charge in [0.25, 0.3) is 5.91 Å². The predicted octanol–water partition coefficient (Wildman–Crippen LogP) is 5.18. The molecule has 0 saturated carbocycles. The summed E-state index contributed by atoms with van der Waals surface area (Å²) in [5.41, 5.74) is 2.02. The monoisotopic (exact) mass is 435 g/mol. The molecule has 1 unspecified atom stereocenters. The molecule has 4 aromatic rings. The fourth-order valence-corrected chi connectivity index (χ4v) is 3.90. The Hall–Kier alpha value is -3.81. The van der Waals surface area contributed by atoms with E-state index in [0.717, 1.165) is 18.4 Å². The lowest BCUT2D eigenvalue weighted by molar-refractivity contribution is 0.0672. The third-order valence-electron chi connectivity index (χ3n) is 5.52. The number of hydrogen-bond donors (Lipinski definition) is 0. The van der Waals surface area contributed by atoms with Crippen LogP contribution in [-0.4, -0.2) is 27.5 Å². The van der Waals surface area contributed by atoms with E-state index in [0.29, 0.717) is 35.9 Å². The summed E-state index contributed by atoms with van der Waals surface area (Å²) in [7, 11) is 0. The molecule has 8 heteroatoms. The Bertz CT molecular complexity index is 1230. The van der Waals surface area contributed by atoms with Crippen LogP contribution in [0.15, 0.2) is 69.7 Å². The second-order valence-electron chi connectivity index (χ2n) is 7.71. The topological polar surface area (TPSA) is 72.4 Å². The number of halogens is 2. The Balaban J connectivity index is 1.31. The molecule has 2 aromatic heterocycles. The molecule has 2 aromatic carbocycles. The number of amides is 1. The Morgan fingerprint density at radius 1 is 1.06 bits per heavy atom. The van der Waals surface area contributed by atoms with E-state index in [2.05, 4.69) is 10.1 Å². The smallest absolute Gasteiger partial charge is 0.293 e. The summed E-state index contributed by atoms with van der Waals surface area (Å²) >= 11 is 0. The molecule has 0 bridgehead atoms. The highest BCUT2D eigenvalue weighted by atomic mass is 19.1. The van der Waals surface area contributed by atoms with Gasteiger partial charge in [0.2, 0.25) is 11.7 Å². The van der Waals surface area contributed by atoms with Crippen LogP contribution in [0.25, 0.3) is 11.3 Å². The van der Waals surface area contributed by atoms with E-state index in [1.165, 1.54) is 24.3 Å². The van der Waals surface area contributed by atoms with E-state index in [1.807, 2.05) is 0 Å². The summed E-state index contributed by atoms with van der Waals surface area (Å²) < 4.78 is 37.5. The Labute approximate surface area is 182 Å². The maximum Gasteiger partial charge on any atom is 0.293 e. The first-order valence-electron chi connectivity index (χ1n) is 10.3. The third kappa shape index (κ3) is 4.03. The van der Waals surface area contributed by atoms with E-state index in [-0.39, 0.29) is 29.3 Å². The van der Waals surface area contributed by atoms with E-state index in [1.54, 1.807) is 41.4 Å². The highest BCUT2D eigenvalue weighted by Gasteiger charge is 2.35. The van der Waals surface area contributed by atoms with Crippen molar-refractivity contribution in [2.75, 3.05) is 6.54 Å². The molecule has 1 atom stereocenters. The van der Waals surface area contributed by atoms with E-state index < -0.39 is 0 Å². The molecular formula is C24H19F2N3O3. The number of aromatic nitrogens is 2. The fourth-order valence-electron chi connectivity index (χ4n) is 3.90. The van der Waals surface area contributed by atoms with Crippen molar-refractivity contribution in [2.45, 2.75) is 25.3 Å². The quantitative estimate of drug-likeness (QED) is 0.432. The van der Waals surface area contributed by atoms with Gasteiger partial charge in [-0.15, -0.1) is 0 Å². The zero-order valence-corrected chi connectivity index (χ0v) is 17.0. The number of likely N-dealkylation sites (tertiary alicyclic amines) is 1. The lowest BCUT2D eigenvalue weighted by Gasteiger charge is -2.20. The molecule has 0 radical (unpaired) electrons. The molecule has 0 N–H and O–H groups in total. The summed E-state index contributed by atoms with van der Waals surface area (Å²) in [4.78, 5) is 19.1. The molecule has 1 amide bonds. The predicted molar refractivity (Wildman–Crippen MR) is 111 cm³/mol. The van der Waals surface area contributed by atoms with Gasteiger partial charge >= 0.3 is 0 Å². The SMILES string of the molecule is O=C(c1cc(-c2ccc(F)cc2)no1)N1CCCC1c1ncc(Cc2ccc(F)cc2)o1. The average molecular weight is 435 g/mol. The minimum Gasteiger partial charge on any atom is -0.443 e. The summed E-state index contributed by atoms with van der Waals surface area (Å²) in [6.45, 7) is 0.547. The Morgan fingerprint density at radius 3 is 2.53 bits per heavy atom. The highest BCUT2D eigenvalue weighted by Crippen LogP contribution is 2.33. The van der Waals surface area contributed by atoms with Crippen LogP contribution in [0.5, 0.6) is 0 Å². The molecule has 5 rings (SSSR count). The van der Waals surface area contributed by atoms with Gasteiger partial charge in [-0.1, -0.05) is 17.3 Å². The Kier molecular flexibility index (Phi) is 5.26. The second kappa shape index (κ2) is 8.37. The molecule has 1 aliphatic rings. The van der Waals surface area contributed by atoms with Gasteiger partial charge in [0.15, 0.2) is 0 Å². The number of carbonyl (C=O) groups excluding carboxylic acids is 1. The van der Waals surface area contributed by atoms with Crippen molar-refractivity contribution in [3.8, 4) is 11.3 Å². The van der Waals surface area contributed by atoms with Crippen molar-refractivity contribution < 1.29 is 22.5 Å². The molecule has 162 valence electrons. The van der Waals surface area contributed by atoms with Crippen LogP contribution in [-0.2, 0) is 6.42 Å². The average Bonchev–Trinajstić information content (AvgIpc) is 3.56. The van der Waals surface area contributed by atoms with Crippen molar-refractivity contribution >= 4 is 5.91 Å². The maximum absolute atomic E-state index is 13.1. The standard InChI is InChI=1S/C24H19F2N3O3/c25-17-7-3-15(4-8-17)12-19-14-27-23(31-19)21-2-1-11-29(21)24(30)22-13-20(28-32-22)16-5-9-18(26)10-6-16/h3-10,13-14,21H,1-2,11-12H2.